The van der Waals surface area contributed by atoms with Crippen LogP contribution in [0.4, 0.5) is 11.4 Å². The fourth-order valence-electron chi connectivity index (χ4n) is 2.68. The normalized spacial score (nSPS) is 27.2. The highest BCUT2D eigenvalue weighted by atomic mass is 16.6. The van der Waals surface area contributed by atoms with Crippen molar-refractivity contribution < 1.29 is 9.66 Å². The van der Waals surface area contributed by atoms with Crippen LogP contribution in [0.2, 0.25) is 0 Å². The molecule has 2 unspecified atom stereocenters. The number of hydrogen-bond donors (Lipinski definition) is 0. The molecular formula is C12H14N2O3. The molecule has 90 valence electrons. The Morgan fingerprint density at radius 2 is 1.76 bits per heavy atom. The second-order valence-electron chi connectivity index (χ2n) is 4.74. The van der Waals surface area contributed by atoms with Crippen LogP contribution in [0.25, 0.3) is 0 Å². The van der Waals surface area contributed by atoms with Gasteiger partial charge in [0.2, 0.25) is 0 Å². The van der Waals surface area contributed by atoms with E-state index in [1.54, 1.807) is 12.1 Å². The molecule has 2 aliphatic heterocycles. The number of ether oxygens (including phenoxy) is 1. The lowest BCUT2D eigenvalue weighted by Crippen LogP contribution is -2.21. The number of anilines is 1. The fourth-order valence-corrected chi connectivity index (χ4v) is 2.68. The van der Waals surface area contributed by atoms with Crippen LogP contribution >= 0.6 is 0 Å². The Labute approximate surface area is 99.1 Å². The van der Waals surface area contributed by atoms with E-state index in [0.29, 0.717) is 11.8 Å². The number of non-ortho nitro benzene ring substituents is 1. The molecule has 0 N–H and O–H groups in total. The molecule has 2 heterocycles. The zero-order valence-corrected chi connectivity index (χ0v) is 9.41. The Morgan fingerprint density at radius 1 is 1.18 bits per heavy atom. The van der Waals surface area contributed by atoms with Crippen molar-refractivity contribution in [3.05, 3.63) is 34.4 Å². The van der Waals surface area contributed by atoms with Gasteiger partial charge in [-0.1, -0.05) is 0 Å². The second kappa shape index (κ2) is 4.00. The summed E-state index contributed by atoms with van der Waals surface area (Å²) in [5.41, 5.74) is 1.22. The minimum absolute atomic E-state index is 0.150. The van der Waals surface area contributed by atoms with Crippen molar-refractivity contribution >= 4 is 11.4 Å². The number of hydrogen-bond acceptors (Lipinski definition) is 4. The second-order valence-corrected chi connectivity index (χ2v) is 4.74. The van der Waals surface area contributed by atoms with Gasteiger partial charge in [-0.2, -0.15) is 0 Å². The molecule has 0 amide bonds. The van der Waals surface area contributed by atoms with Gasteiger partial charge in [0.15, 0.2) is 0 Å². The van der Waals surface area contributed by atoms with Gasteiger partial charge in [0.25, 0.3) is 5.69 Å². The van der Waals surface area contributed by atoms with E-state index in [4.69, 9.17) is 4.74 Å². The van der Waals surface area contributed by atoms with Gasteiger partial charge in [-0.15, -0.1) is 0 Å². The minimum Gasteiger partial charge on any atom is -0.381 e. The zero-order valence-electron chi connectivity index (χ0n) is 9.41. The number of nitro groups is 1. The summed E-state index contributed by atoms with van der Waals surface area (Å²) in [7, 11) is 0. The SMILES string of the molecule is O=[N+]([O-])c1ccc(N2CC3COCC3C2)cc1. The predicted octanol–water partition coefficient (Wildman–Crippen LogP) is 1.68. The lowest BCUT2D eigenvalue weighted by Gasteiger charge is -2.19. The van der Waals surface area contributed by atoms with Crippen LogP contribution in [-0.4, -0.2) is 31.2 Å². The maximum absolute atomic E-state index is 10.6. The first-order valence-corrected chi connectivity index (χ1v) is 5.81. The standard InChI is InChI=1S/C12H14N2O3/c15-14(16)12-3-1-11(2-4-12)13-5-9-7-17-8-10(9)6-13/h1-4,9-10H,5-8H2. The third-order valence-corrected chi connectivity index (χ3v) is 3.67. The van der Waals surface area contributed by atoms with Crippen molar-refractivity contribution in [2.75, 3.05) is 31.2 Å². The van der Waals surface area contributed by atoms with Gasteiger partial charge in [-0.3, -0.25) is 10.1 Å². The summed E-state index contributed by atoms with van der Waals surface area (Å²) in [5.74, 6) is 1.26. The highest BCUT2D eigenvalue weighted by Gasteiger charge is 2.37. The largest absolute Gasteiger partial charge is 0.381 e. The number of nitrogens with zero attached hydrogens (tertiary/aromatic N) is 2. The van der Waals surface area contributed by atoms with E-state index in [9.17, 15) is 10.1 Å². The molecule has 2 aliphatic rings. The van der Waals surface area contributed by atoms with E-state index < -0.39 is 0 Å². The molecule has 2 atom stereocenters. The number of benzene rings is 1. The van der Waals surface area contributed by atoms with E-state index >= 15 is 0 Å². The van der Waals surface area contributed by atoms with Crippen LogP contribution in [-0.2, 0) is 4.74 Å². The van der Waals surface area contributed by atoms with Gasteiger partial charge in [-0.25, -0.2) is 0 Å². The van der Waals surface area contributed by atoms with Crippen molar-refractivity contribution in [3.8, 4) is 0 Å². The van der Waals surface area contributed by atoms with Gasteiger partial charge < -0.3 is 9.64 Å². The molecule has 0 spiro atoms. The molecule has 2 fully saturated rings. The Kier molecular flexibility index (Phi) is 2.48. The molecule has 1 aromatic carbocycles. The lowest BCUT2D eigenvalue weighted by atomic mass is 10.0. The predicted molar refractivity (Wildman–Crippen MR) is 63.1 cm³/mol. The topological polar surface area (TPSA) is 55.6 Å². The molecule has 5 nitrogen and oxygen atoms in total. The first kappa shape index (κ1) is 10.5. The average Bonchev–Trinajstić information content (AvgIpc) is 2.89. The highest BCUT2D eigenvalue weighted by molar-refractivity contribution is 5.51. The van der Waals surface area contributed by atoms with E-state index in [0.717, 1.165) is 32.0 Å². The summed E-state index contributed by atoms with van der Waals surface area (Å²) in [6.45, 7) is 3.72. The van der Waals surface area contributed by atoms with Crippen molar-refractivity contribution in [1.29, 1.82) is 0 Å². The molecule has 0 aromatic heterocycles. The number of fused-ring (bicyclic) bond motifs is 1. The van der Waals surface area contributed by atoms with Crippen LogP contribution in [0.1, 0.15) is 0 Å². The number of rotatable bonds is 2. The average molecular weight is 234 g/mol. The lowest BCUT2D eigenvalue weighted by molar-refractivity contribution is -0.384. The van der Waals surface area contributed by atoms with Crippen LogP contribution in [0.3, 0.4) is 0 Å². The van der Waals surface area contributed by atoms with E-state index in [1.165, 1.54) is 0 Å². The third kappa shape index (κ3) is 1.86. The van der Waals surface area contributed by atoms with E-state index in [2.05, 4.69) is 4.90 Å². The first-order valence-electron chi connectivity index (χ1n) is 5.81. The maximum atomic E-state index is 10.6. The summed E-state index contributed by atoms with van der Waals surface area (Å²) < 4.78 is 5.43. The number of nitro benzene ring substituents is 1. The van der Waals surface area contributed by atoms with Crippen molar-refractivity contribution in [1.82, 2.24) is 0 Å². The van der Waals surface area contributed by atoms with Gasteiger partial charge >= 0.3 is 0 Å². The summed E-state index contributed by atoms with van der Waals surface area (Å²) in [6, 6.07) is 6.81. The van der Waals surface area contributed by atoms with Crippen molar-refractivity contribution in [3.63, 3.8) is 0 Å². The minimum atomic E-state index is -0.365. The van der Waals surface area contributed by atoms with Crippen molar-refractivity contribution in [2.45, 2.75) is 0 Å². The Morgan fingerprint density at radius 3 is 2.29 bits per heavy atom. The maximum Gasteiger partial charge on any atom is 0.269 e. The van der Waals surface area contributed by atoms with Gasteiger partial charge in [0.1, 0.15) is 0 Å². The summed E-state index contributed by atoms with van der Waals surface area (Å²) in [5, 5.41) is 10.6. The Balaban J connectivity index is 1.75. The molecule has 0 radical (unpaired) electrons. The molecule has 0 aliphatic carbocycles. The van der Waals surface area contributed by atoms with Gasteiger partial charge in [-0.05, 0) is 12.1 Å². The molecule has 5 heteroatoms. The van der Waals surface area contributed by atoms with Crippen LogP contribution < -0.4 is 4.90 Å². The molecule has 0 saturated carbocycles. The first-order chi connectivity index (χ1) is 8.24. The zero-order chi connectivity index (χ0) is 11.8. The van der Waals surface area contributed by atoms with E-state index in [1.807, 2.05) is 12.1 Å². The third-order valence-electron chi connectivity index (χ3n) is 3.67. The molecule has 3 rings (SSSR count). The summed E-state index contributed by atoms with van der Waals surface area (Å²) in [4.78, 5) is 12.5. The van der Waals surface area contributed by atoms with Gasteiger partial charge in [0.05, 0.1) is 18.1 Å². The molecular weight excluding hydrogens is 220 g/mol. The molecule has 2 saturated heterocycles. The monoisotopic (exact) mass is 234 g/mol. The van der Waals surface area contributed by atoms with Crippen LogP contribution in [0.15, 0.2) is 24.3 Å². The highest BCUT2D eigenvalue weighted by Crippen LogP contribution is 2.32. The van der Waals surface area contributed by atoms with Crippen LogP contribution in [0, 0.1) is 22.0 Å². The Hall–Kier alpha value is -1.62. The summed E-state index contributed by atoms with van der Waals surface area (Å²) >= 11 is 0. The molecule has 17 heavy (non-hydrogen) atoms. The fraction of sp³-hybridized carbons (Fsp3) is 0.500. The quantitative estimate of drug-likeness (QED) is 0.577. The molecule has 1 aromatic rings. The summed E-state index contributed by atoms with van der Waals surface area (Å²) in [6.07, 6.45) is 0. The molecule has 0 bridgehead atoms. The van der Waals surface area contributed by atoms with Gasteiger partial charge in [0, 0.05) is 42.7 Å². The van der Waals surface area contributed by atoms with Crippen LogP contribution in [0.5, 0.6) is 0 Å². The van der Waals surface area contributed by atoms with Crippen molar-refractivity contribution in [2.24, 2.45) is 11.8 Å². The van der Waals surface area contributed by atoms with E-state index in [-0.39, 0.29) is 10.6 Å². The Bertz CT molecular complexity index is 420. The smallest absolute Gasteiger partial charge is 0.269 e.